The molecule has 0 aliphatic carbocycles. The zero-order chi connectivity index (χ0) is 25.7. The van der Waals surface area contributed by atoms with Crippen LogP contribution in [0.25, 0.3) is 11.3 Å². The van der Waals surface area contributed by atoms with Crippen molar-refractivity contribution in [1.29, 1.82) is 0 Å². The summed E-state index contributed by atoms with van der Waals surface area (Å²) in [5, 5.41) is 20.9. The van der Waals surface area contributed by atoms with Crippen LogP contribution >= 0.6 is 0 Å². The molecule has 2 fully saturated rings. The van der Waals surface area contributed by atoms with Crippen LogP contribution in [0.5, 0.6) is 5.75 Å². The molecule has 2 aliphatic heterocycles. The number of carbonyl (C=O) groups is 2. The molecule has 0 radical (unpaired) electrons. The Morgan fingerprint density at radius 3 is 2.75 bits per heavy atom. The van der Waals surface area contributed by atoms with Gasteiger partial charge in [0.1, 0.15) is 17.9 Å². The summed E-state index contributed by atoms with van der Waals surface area (Å²) in [6.45, 7) is 9.10. The third-order valence-electron chi connectivity index (χ3n) is 6.90. The number of carbonyl (C=O) groups excluding carboxylic acids is 2. The van der Waals surface area contributed by atoms with Gasteiger partial charge in [-0.25, -0.2) is 0 Å². The Balaban J connectivity index is 1.51. The second-order valence-corrected chi connectivity index (χ2v) is 10.2. The van der Waals surface area contributed by atoms with Gasteiger partial charge in [-0.3, -0.25) is 14.3 Å². The first-order valence-corrected chi connectivity index (χ1v) is 13.1. The fourth-order valence-corrected chi connectivity index (χ4v) is 5.00. The number of aryl methyl sites for hydroxylation is 1. The molecule has 0 spiro atoms. The summed E-state index contributed by atoms with van der Waals surface area (Å²) < 4.78 is 8.39. The monoisotopic (exact) mass is 497 g/mol. The lowest BCUT2D eigenvalue weighted by molar-refractivity contribution is -0.139. The molecular formula is C27H39N5O4. The lowest BCUT2D eigenvalue weighted by Gasteiger charge is -2.26. The van der Waals surface area contributed by atoms with Crippen molar-refractivity contribution in [2.75, 3.05) is 19.6 Å². The zero-order valence-electron chi connectivity index (χ0n) is 21.6. The van der Waals surface area contributed by atoms with Crippen molar-refractivity contribution in [1.82, 2.24) is 25.3 Å². The van der Waals surface area contributed by atoms with Gasteiger partial charge in [0.15, 0.2) is 0 Å². The normalized spacial score (nSPS) is 20.6. The molecule has 2 unspecified atom stereocenters. The number of aromatic nitrogens is 2. The van der Waals surface area contributed by atoms with Gasteiger partial charge in [0.25, 0.3) is 0 Å². The molecule has 0 bridgehead atoms. The van der Waals surface area contributed by atoms with Crippen LogP contribution in [-0.2, 0) is 22.7 Å². The summed E-state index contributed by atoms with van der Waals surface area (Å²) in [5.74, 6) is 0.608. The van der Waals surface area contributed by atoms with Crippen LogP contribution in [-0.4, -0.2) is 69.5 Å². The van der Waals surface area contributed by atoms with Gasteiger partial charge < -0.3 is 25.4 Å². The quantitative estimate of drug-likeness (QED) is 0.491. The van der Waals surface area contributed by atoms with Crippen molar-refractivity contribution in [3.63, 3.8) is 0 Å². The number of hydrogen-bond donors (Lipinski definition) is 3. The van der Waals surface area contributed by atoms with E-state index in [9.17, 15) is 14.7 Å². The van der Waals surface area contributed by atoms with Crippen LogP contribution in [0, 0.1) is 5.92 Å². The predicted octanol–water partition coefficient (Wildman–Crippen LogP) is 2.32. The fourth-order valence-electron chi connectivity index (χ4n) is 5.00. The van der Waals surface area contributed by atoms with Crippen LogP contribution in [0.4, 0.5) is 0 Å². The third-order valence-corrected chi connectivity index (χ3v) is 6.90. The van der Waals surface area contributed by atoms with E-state index in [0.29, 0.717) is 6.42 Å². The third kappa shape index (κ3) is 6.25. The SMILES string of the molecule is CCn1nccc1-c1ccc(CNC(=O)C2CC(O)CN2C(=O)CC(C)C)c(OC2CCNCC2)c1. The van der Waals surface area contributed by atoms with Gasteiger partial charge >= 0.3 is 0 Å². The highest BCUT2D eigenvalue weighted by atomic mass is 16.5. The second-order valence-electron chi connectivity index (χ2n) is 10.2. The Labute approximate surface area is 213 Å². The molecule has 9 heteroatoms. The summed E-state index contributed by atoms with van der Waals surface area (Å²) in [7, 11) is 0. The van der Waals surface area contributed by atoms with Crippen LogP contribution in [0.1, 0.15) is 52.0 Å². The summed E-state index contributed by atoms with van der Waals surface area (Å²) in [4.78, 5) is 27.3. The number of aliphatic hydroxyl groups excluding tert-OH is 1. The van der Waals surface area contributed by atoms with E-state index in [4.69, 9.17) is 4.74 Å². The number of ether oxygens (including phenoxy) is 1. The highest BCUT2D eigenvalue weighted by molar-refractivity contribution is 5.88. The van der Waals surface area contributed by atoms with Gasteiger partial charge in [-0.05, 0) is 50.9 Å². The number of hydrogen-bond acceptors (Lipinski definition) is 6. The largest absolute Gasteiger partial charge is 0.490 e. The van der Waals surface area contributed by atoms with E-state index in [1.165, 1.54) is 4.90 Å². The molecule has 2 atom stereocenters. The second kappa shape index (κ2) is 11.9. The van der Waals surface area contributed by atoms with Gasteiger partial charge in [-0.2, -0.15) is 5.10 Å². The molecular weight excluding hydrogens is 458 g/mol. The predicted molar refractivity (Wildman–Crippen MR) is 137 cm³/mol. The number of aliphatic hydroxyl groups is 1. The molecule has 36 heavy (non-hydrogen) atoms. The number of nitrogens with one attached hydrogen (secondary N) is 2. The van der Waals surface area contributed by atoms with E-state index in [1.54, 1.807) is 6.20 Å². The molecule has 2 amide bonds. The Hall–Kier alpha value is -2.91. The molecule has 0 saturated carbocycles. The number of likely N-dealkylation sites (tertiary alicyclic amines) is 1. The molecule has 196 valence electrons. The van der Waals surface area contributed by atoms with Crippen LogP contribution in [0.15, 0.2) is 30.5 Å². The van der Waals surface area contributed by atoms with Gasteiger partial charge in [-0.1, -0.05) is 26.0 Å². The molecule has 2 aromatic rings. The average molecular weight is 498 g/mol. The summed E-state index contributed by atoms with van der Waals surface area (Å²) >= 11 is 0. The topological polar surface area (TPSA) is 109 Å². The van der Waals surface area contributed by atoms with Crippen LogP contribution in [0.2, 0.25) is 0 Å². The van der Waals surface area contributed by atoms with Crippen molar-refractivity contribution in [2.45, 2.75) is 77.8 Å². The molecule has 2 saturated heterocycles. The first-order valence-electron chi connectivity index (χ1n) is 13.1. The molecule has 3 heterocycles. The lowest BCUT2D eigenvalue weighted by Crippen LogP contribution is -2.46. The lowest BCUT2D eigenvalue weighted by atomic mass is 10.1. The van der Waals surface area contributed by atoms with E-state index >= 15 is 0 Å². The Morgan fingerprint density at radius 2 is 2.03 bits per heavy atom. The number of benzene rings is 1. The van der Waals surface area contributed by atoms with Gasteiger partial charge in [0.05, 0.1) is 11.8 Å². The number of rotatable bonds is 9. The summed E-state index contributed by atoms with van der Waals surface area (Å²) in [5.41, 5.74) is 2.91. The van der Waals surface area contributed by atoms with Crippen molar-refractivity contribution in [2.24, 2.45) is 5.92 Å². The Kier molecular flexibility index (Phi) is 8.64. The maximum Gasteiger partial charge on any atom is 0.243 e. The van der Waals surface area contributed by atoms with E-state index in [0.717, 1.165) is 55.0 Å². The summed E-state index contributed by atoms with van der Waals surface area (Å²) in [6.07, 6.45) is 3.70. The minimum absolute atomic E-state index is 0.0893. The zero-order valence-corrected chi connectivity index (χ0v) is 21.6. The Bertz CT molecular complexity index is 1050. The van der Waals surface area contributed by atoms with Crippen molar-refractivity contribution in [3.05, 3.63) is 36.0 Å². The number of nitrogens with zero attached hydrogens (tertiary/aromatic N) is 3. The van der Waals surface area contributed by atoms with E-state index in [1.807, 2.05) is 42.8 Å². The van der Waals surface area contributed by atoms with Gasteiger partial charge in [0, 0.05) is 49.8 Å². The van der Waals surface area contributed by atoms with Crippen molar-refractivity contribution in [3.8, 4) is 17.0 Å². The average Bonchev–Trinajstić information content (AvgIpc) is 3.50. The maximum atomic E-state index is 13.1. The molecule has 4 rings (SSSR count). The molecule has 2 aliphatic rings. The van der Waals surface area contributed by atoms with E-state index in [-0.39, 0.29) is 43.3 Å². The number of β-amino-alcohol motifs (C(OH)–C–C–N with tert-alkyl or cyclic N) is 1. The van der Waals surface area contributed by atoms with Crippen molar-refractivity contribution >= 4 is 11.8 Å². The van der Waals surface area contributed by atoms with Crippen LogP contribution in [0.3, 0.4) is 0 Å². The highest BCUT2D eigenvalue weighted by Gasteiger charge is 2.38. The van der Waals surface area contributed by atoms with Crippen LogP contribution < -0.4 is 15.4 Å². The molecule has 1 aromatic carbocycles. The smallest absolute Gasteiger partial charge is 0.243 e. The minimum atomic E-state index is -0.682. The molecule has 3 N–H and O–H groups in total. The molecule has 1 aromatic heterocycles. The first-order chi connectivity index (χ1) is 17.4. The van der Waals surface area contributed by atoms with Gasteiger partial charge in [0.2, 0.25) is 11.8 Å². The Morgan fingerprint density at radius 1 is 1.25 bits per heavy atom. The standard InChI is InChI=1S/C27H39N5O4/c1-4-32-23(9-12-30-32)19-5-6-20(25(14-19)36-22-7-10-28-11-8-22)16-29-27(35)24-15-21(33)17-31(24)26(34)13-18(2)3/h5-6,9,12,14,18,21-22,24,28,33H,4,7-8,10-11,13,15-17H2,1-3H3,(H,29,35). The number of amides is 2. The highest BCUT2D eigenvalue weighted by Crippen LogP contribution is 2.30. The van der Waals surface area contributed by atoms with E-state index < -0.39 is 12.1 Å². The maximum absolute atomic E-state index is 13.1. The molecule has 9 nitrogen and oxygen atoms in total. The van der Waals surface area contributed by atoms with Gasteiger partial charge in [-0.15, -0.1) is 0 Å². The number of piperidine rings is 1. The van der Waals surface area contributed by atoms with Crippen molar-refractivity contribution < 1.29 is 19.4 Å². The minimum Gasteiger partial charge on any atom is -0.490 e. The fraction of sp³-hybridized carbons (Fsp3) is 0.593. The van der Waals surface area contributed by atoms with E-state index in [2.05, 4.69) is 22.7 Å². The first kappa shape index (κ1) is 26.2. The summed E-state index contributed by atoms with van der Waals surface area (Å²) in [6, 6.07) is 7.38.